The highest BCUT2D eigenvalue weighted by Gasteiger charge is 2.17. The van der Waals surface area contributed by atoms with E-state index in [0.29, 0.717) is 28.5 Å². The van der Waals surface area contributed by atoms with Crippen LogP contribution < -0.4 is 10.9 Å². The Hall–Kier alpha value is -2.26. The molecular weight excluding hydrogens is 426 g/mol. The van der Waals surface area contributed by atoms with Gasteiger partial charge in [0.05, 0.1) is 24.7 Å². The molecule has 7 nitrogen and oxygen atoms in total. The zero-order valence-corrected chi connectivity index (χ0v) is 17.9. The van der Waals surface area contributed by atoms with Crippen molar-refractivity contribution in [2.45, 2.75) is 38.5 Å². The second-order valence-corrected chi connectivity index (χ2v) is 8.47. The van der Waals surface area contributed by atoms with Gasteiger partial charge in [-0.05, 0) is 42.3 Å². The number of fused-ring (bicyclic) bond motifs is 1. The maximum atomic E-state index is 12.6. The van der Waals surface area contributed by atoms with Gasteiger partial charge in [-0.3, -0.25) is 9.59 Å². The molecule has 0 aliphatic carbocycles. The molecule has 3 heterocycles. The van der Waals surface area contributed by atoms with Crippen LogP contribution in [0.4, 0.5) is 0 Å². The second kappa shape index (κ2) is 9.70. The molecule has 1 unspecified atom stereocenters. The lowest BCUT2D eigenvalue weighted by atomic mass is 10.1. The number of carbonyl (C=O) groups excluding carboxylic acids is 1. The summed E-state index contributed by atoms with van der Waals surface area (Å²) in [7, 11) is 0. The van der Waals surface area contributed by atoms with Crippen molar-refractivity contribution in [1.82, 2.24) is 15.3 Å². The Labute approximate surface area is 182 Å². The number of H-pyrrole nitrogens is 1. The third-order valence-corrected chi connectivity index (χ3v) is 6.07. The summed E-state index contributed by atoms with van der Waals surface area (Å²) in [6.45, 7) is 1.88. The molecule has 1 aliphatic rings. The molecule has 1 aliphatic heterocycles. The fourth-order valence-corrected chi connectivity index (χ4v) is 4.51. The topological polar surface area (TPSA) is 93.3 Å². The fourth-order valence-electron chi connectivity index (χ4n) is 3.37. The Morgan fingerprint density at radius 3 is 3.10 bits per heavy atom. The van der Waals surface area contributed by atoms with Crippen molar-refractivity contribution in [2.24, 2.45) is 0 Å². The minimum Gasteiger partial charge on any atom is -0.376 e. The summed E-state index contributed by atoms with van der Waals surface area (Å²) in [5, 5.41) is 5.66. The molecule has 3 aromatic rings. The molecule has 158 valence electrons. The molecule has 0 spiro atoms. The number of benzene rings is 1. The average Bonchev–Trinajstić information content (AvgIpc) is 3.16. The number of aromatic amines is 1. The van der Waals surface area contributed by atoms with E-state index in [0.717, 1.165) is 37.0 Å². The Bertz CT molecular complexity index is 1090. The quantitative estimate of drug-likeness (QED) is 0.576. The van der Waals surface area contributed by atoms with Crippen LogP contribution >= 0.6 is 22.9 Å². The van der Waals surface area contributed by atoms with Crippen molar-refractivity contribution >= 4 is 39.1 Å². The number of amides is 1. The number of halogens is 1. The monoisotopic (exact) mass is 447 g/mol. The number of hydrogen-bond acceptors (Lipinski definition) is 6. The van der Waals surface area contributed by atoms with Crippen molar-refractivity contribution in [3.05, 3.63) is 62.0 Å². The van der Waals surface area contributed by atoms with Gasteiger partial charge in [-0.1, -0.05) is 23.7 Å². The van der Waals surface area contributed by atoms with Gasteiger partial charge in [0.25, 0.3) is 11.5 Å². The summed E-state index contributed by atoms with van der Waals surface area (Å²) in [4.78, 5) is 32.5. The van der Waals surface area contributed by atoms with Gasteiger partial charge in [0.15, 0.2) is 0 Å². The summed E-state index contributed by atoms with van der Waals surface area (Å²) in [6.07, 6.45) is 3.37. The molecular formula is C21H22ClN3O4S. The van der Waals surface area contributed by atoms with Gasteiger partial charge in [-0.15, -0.1) is 11.3 Å². The summed E-state index contributed by atoms with van der Waals surface area (Å²) in [5.74, 6) is -0.464. The maximum absolute atomic E-state index is 12.6. The van der Waals surface area contributed by atoms with Gasteiger partial charge in [0, 0.05) is 23.7 Å². The minimum atomic E-state index is -0.449. The van der Waals surface area contributed by atoms with Crippen LogP contribution in [0.1, 0.15) is 41.0 Å². The molecule has 2 aromatic heterocycles. The van der Waals surface area contributed by atoms with Gasteiger partial charge < -0.3 is 19.8 Å². The van der Waals surface area contributed by atoms with Gasteiger partial charge in [0.1, 0.15) is 4.83 Å². The number of ether oxygens (including phenoxy) is 2. The van der Waals surface area contributed by atoms with E-state index in [1.807, 2.05) is 17.5 Å². The molecule has 1 amide bonds. The van der Waals surface area contributed by atoms with E-state index >= 15 is 0 Å². The lowest BCUT2D eigenvalue weighted by Gasteiger charge is -2.22. The highest BCUT2D eigenvalue weighted by molar-refractivity contribution is 7.16. The normalized spacial score (nSPS) is 16.6. The number of nitrogens with one attached hydrogen (secondary N) is 2. The molecule has 30 heavy (non-hydrogen) atoms. The first kappa shape index (κ1) is 21.0. The van der Waals surface area contributed by atoms with E-state index in [-0.39, 0.29) is 24.0 Å². The molecule has 1 aromatic carbocycles. The van der Waals surface area contributed by atoms with Crippen LogP contribution in [0, 0.1) is 0 Å². The molecule has 1 fully saturated rings. The summed E-state index contributed by atoms with van der Waals surface area (Å²) < 4.78 is 11.4. The summed E-state index contributed by atoms with van der Waals surface area (Å²) in [5.41, 5.74) is 1.28. The molecule has 0 saturated carbocycles. The van der Waals surface area contributed by atoms with E-state index in [1.54, 1.807) is 12.1 Å². The van der Waals surface area contributed by atoms with Crippen molar-refractivity contribution in [3.8, 4) is 0 Å². The first-order valence-electron chi connectivity index (χ1n) is 9.82. The zero-order valence-electron chi connectivity index (χ0n) is 16.3. The predicted octanol–water partition coefficient (Wildman–Crippen LogP) is 3.65. The molecule has 4 rings (SSSR count). The van der Waals surface area contributed by atoms with Crippen molar-refractivity contribution in [2.75, 3.05) is 13.2 Å². The number of carbonyl (C=O) groups is 1. The predicted molar refractivity (Wildman–Crippen MR) is 116 cm³/mol. The standard InChI is InChI=1S/C21H22ClN3O4S/c22-15-5-3-4-13(8-15)9-23-20(27)18-24-19(26)17-14(12-30-21(17)25-18)10-28-11-16-6-1-2-7-29-16/h3-5,8,12,16H,1-2,6-7,9-11H2,(H,23,27)(H,24,25,26). The lowest BCUT2D eigenvalue weighted by Crippen LogP contribution is -2.27. The molecule has 9 heteroatoms. The highest BCUT2D eigenvalue weighted by Crippen LogP contribution is 2.22. The van der Waals surface area contributed by atoms with Crippen LogP contribution in [0.5, 0.6) is 0 Å². The SMILES string of the molecule is O=C(NCc1cccc(Cl)c1)c1nc2scc(COCC3CCCCO3)c2c(=O)[nH]1. The smallest absolute Gasteiger partial charge is 0.287 e. The second-order valence-electron chi connectivity index (χ2n) is 7.17. The first-order chi connectivity index (χ1) is 14.6. The number of nitrogens with zero attached hydrogens (tertiary/aromatic N) is 1. The molecule has 2 N–H and O–H groups in total. The highest BCUT2D eigenvalue weighted by atomic mass is 35.5. The van der Waals surface area contributed by atoms with Gasteiger partial charge in [-0.2, -0.15) is 0 Å². The summed E-state index contributed by atoms with van der Waals surface area (Å²) in [6, 6.07) is 7.20. The maximum Gasteiger partial charge on any atom is 0.287 e. The van der Waals surface area contributed by atoms with E-state index in [4.69, 9.17) is 21.1 Å². The van der Waals surface area contributed by atoms with Gasteiger partial charge in [-0.25, -0.2) is 4.98 Å². The average molecular weight is 448 g/mol. The largest absolute Gasteiger partial charge is 0.376 e. The van der Waals surface area contributed by atoms with Gasteiger partial charge in [0.2, 0.25) is 5.82 Å². The minimum absolute atomic E-state index is 0.0144. The number of rotatable bonds is 7. The molecule has 1 saturated heterocycles. The van der Waals surface area contributed by atoms with Crippen molar-refractivity contribution in [1.29, 1.82) is 0 Å². The molecule has 0 radical (unpaired) electrons. The lowest BCUT2D eigenvalue weighted by molar-refractivity contribution is -0.0445. The summed E-state index contributed by atoms with van der Waals surface area (Å²) >= 11 is 7.28. The zero-order chi connectivity index (χ0) is 20.9. The van der Waals surface area contributed by atoms with Crippen molar-refractivity contribution in [3.63, 3.8) is 0 Å². The molecule has 0 bridgehead atoms. The van der Waals surface area contributed by atoms with Crippen LogP contribution in [0.2, 0.25) is 5.02 Å². The number of thiophene rings is 1. The fraction of sp³-hybridized carbons (Fsp3) is 0.381. The van der Waals surface area contributed by atoms with Gasteiger partial charge >= 0.3 is 0 Å². The Morgan fingerprint density at radius 1 is 1.40 bits per heavy atom. The third-order valence-electron chi connectivity index (χ3n) is 4.91. The van der Waals surface area contributed by atoms with Crippen LogP contribution in [0.3, 0.4) is 0 Å². The van der Waals surface area contributed by atoms with E-state index in [2.05, 4.69) is 15.3 Å². The van der Waals surface area contributed by atoms with E-state index < -0.39 is 5.91 Å². The number of aromatic nitrogens is 2. The van der Waals surface area contributed by atoms with Crippen molar-refractivity contribution < 1.29 is 14.3 Å². The van der Waals surface area contributed by atoms with E-state index in [9.17, 15) is 9.59 Å². The van der Waals surface area contributed by atoms with Crippen LogP contribution in [0.25, 0.3) is 10.2 Å². The number of hydrogen-bond donors (Lipinski definition) is 2. The third kappa shape index (κ3) is 5.07. The Balaban J connectivity index is 1.41. The van der Waals surface area contributed by atoms with Crippen LogP contribution in [-0.2, 0) is 22.6 Å². The Kier molecular flexibility index (Phi) is 6.79. The van der Waals surface area contributed by atoms with Crippen LogP contribution in [-0.4, -0.2) is 35.2 Å². The Morgan fingerprint density at radius 2 is 2.30 bits per heavy atom. The first-order valence-corrected chi connectivity index (χ1v) is 11.1. The van der Waals surface area contributed by atoms with Crippen LogP contribution in [0.15, 0.2) is 34.4 Å². The molecule has 1 atom stereocenters. The van der Waals surface area contributed by atoms with E-state index in [1.165, 1.54) is 11.3 Å².